The second-order valence-corrected chi connectivity index (χ2v) is 12.1. The standard InChI is InChI=1S/C45H30N2/c1-3-10-31(11-4-1)37-20-23-44-41(29-37)42-30-38(32-12-5-2-6-13-32)21-24-45(42)47(44)40-18-8-16-35(28-40)33-14-7-15-34(26-33)36-19-22-43-39(27-36)17-9-25-46-43/h1-30H. The third-order valence-corrected chi connectivity index (χ3v) is 9.22. The second-order valence-electron chi connectivity index (χ2n) is 12.1. The zero-order chi connectivity index (χ0) is 31.2. The van der Waals surface area contributed by atoms with Gasteiger partial charge in [0, 0.05) is 28.0 Å². The molecule has 2 nitrogen and oxygen atoms in total. The van der Waals surface area contributed by atoms with Gasteiger partial charge in [-0.1, -0.05) is 115 Å². The molecule has 0 saturated heterocycles. The zero-order valence-corrected chi connectivity index (χ0v) is 25.7. The van der Waals surface area contributed by atoms with Crippen LogP contribution in [0.3, 0.4) is 0 Å². The van der Waals surface area contributed by atoms with E-state index in [0.717, 1.165) is 16.6 Å². The molecule has 2 heteroatoms. The Kier molecular flexibility index (Phi) is 6.50. The summed E-state index contributed by atoms with van der Waals surface area (Å²) in [6.45, 7) is 0. The number of pyridine rings is 1. The molecule has 0 saturated carbocycles. The van der Waals surface area contributed by atoms with Gasteiger partial charge in [-0.15, -0.1) is 0 Å². The van der Waals surface area contributed by atoms with Gasteiger partial charge in [0.2, 0.25) is 0 Å². The molecule has 9 aromatic rings. The number of rotatable bonds is 5. The Balaban J connectivity index is 1.19. The van der Waals surface area contributed by atoms with Crippen LogP contribution in [-0.2, 0) is 0 Å². The van der Waals surface area contributed by atoms with Crippen molar-refractivity contribution in [3.63, 3.8) is 0 Å². The first-order valence-electron chi connectivity index (χ1n) is 16.0. The minimum atomic E-state index is 1.01. The van der Waals surface area contributed by atoms with Gasteiger partial charge in [0.05, 0.1) is 16.6 Å². The Morgan fingerprint density at radius 3 is 1.49 bits per heavy atom. The van der Waals surface area contributed by atoms with E-state index in [-0.39, 0.29) is 0 Å². The molecule has 0 spiro atoms. The molecule has 0 atom stereocenters. The van der Waals surface area contributed by atoms with Crippen molar-refractivity contribution in [1.82, 2.24) is 9.55 Å². The van der Waals surface area contributed by atoms with Crippen LogP contribution in [-0.4, -0.2) is 9.55 Å². The minimum absolute atomic E-state index is 1.01. The average Bonchev–Trinajstić information content (AvgIpc) is 3.48. The number of fused-ring (bicyclic) bond motifs is 4. The van der Waals surface area contributed by atoms with Crippen molar-refractivity contribution in [2.75, 3.05) is 0 Å². The molecule has 0 unspecified atom stereocenters. The fraction of sp³-hybridized carbons (Fsp3) is 0. The summed E-state index contributed by atoms with van der Waals surface area (Å²) in [6, 6.07) is 63.4. The van der Waals surface area contributed by atoms with E-state index in [0.29, 0.717) is 0 Å². The third-order valence-electron chi connectivity index (χ3n) is 9.22. The third kappa shape index (κ3) is 4.88. The summed E-state index contributed by atoms with van der Waals surface area (Å²) in [6.07, 6.45) is 1.84. The van der Waals surface area contributed by atoms with Gasteiger partial charge < -0.3 is 4.57 Å². The van der Waals surface area contributed by atoms with E-state index in [1.807, 2.05) is 12.3 Å². The maximum absolute atomic E-state index is 4.50. The van der Waals surface area contributed by atoms with Crippen LogP contribution < -0.4 is 0 Å². The smallest absolute Gasteiger partial charge is 0.0702 e. The van der Waals surface area contributed by atoms with Crippen molar-refractivity contribution < 1.29 is 0 Å². The lowest BCUT2D eigenvalue weighted by atomic mass is 9.98. The molecule has 0 fully saturated rings. The quantitative estimate of drug-likeness (QED) is 0.193. The molecular formula is C45H30N2. The molecule has 0 aliphatic heterocycles. The van der Waals surface area contributed by atoms with Gasteiger partial charge in [-0.05, 0) is 105 Å². The van der Waals surface area contributed by atoms with E-state index in [9.17, 15) is 0 Å². The van der Waals surface area contributed by atoms with E-state index in [2.05, 4.69) is 179 Å². The average molecular weight is 599 g/mol. The van der Waals surface area contributed by atoms with Crippen molar-refractivity contribution in [2.24, 2.45) is 0 Å². The van der Waals surface area contributed by atoms with E-state index in [1.165, 1.54) is 66.3 Å². The Labute approximate surface area is 273 Å². The monoisotopic (exact) mass is 598 g/mol. The second kappa shape index (κ2) is 11.3. The number of nitrogens with zero attached hydrogens (tertiary/aromatic N) is 2. The first-order valence-corrected chi connectivity index (χ1v) is 16.0. The SMILES string of the molecule is c1ccc(-c2ccc3c(c2)c2cc(-c4ccccc4)ccc2n3-c2cccc(-c3cccc(-c4ccc5ncccc5c4)c3)c2)cc1. The van der Waals surface area contributed by atoms with Gasteiger partial charge in [0.25, 0.3) is 0 Å². The van der Waals surface area contributed by atoms with Crippen molar-refractivity contribution >= 4 is 32.7 Å². The van der Waals surface area contributed by atoms with Crippen LogP contribution in [0.2, 0.25) is 0 Å². The van der Waals surface area contributed by atoms with Crippen molar-refractivity contribution in [3.05, 3.63) is 182 Å². The normalized spacial score (nSPS) is 11.4. The van der Waals surface area contributed by atoms with Gasteiger partial charge in [-0.25, -0.2) is 0 Å². The molecule has 0 N–H and O–H groups in total. The van der Waals surface area contributed by atoms with Crippen LogP contribution in [0, 0.1) is 0 Å². The van der Waals surface area contributed by atoms with Crippen LogP contribution in [0.4, 0.5) is 0 Å². The Bertz CT molecular complexity index is 2460. The van der Waals surface area contributed by atoms with Gasteiger partial charge >= 0.3 is 0 Å². The van der Waals surface area contributed by atoms with E-state index < -0.39 is 0 Å². The Hall–Kier alpha value is -6.25. The first kappa shape index (κ1) is 27.1. The highest BCUT2D eigenvalue weighted by molar-refractivity contribution is 6.11. The minimum Gasteiger partial charge on any atom is -0.309 e. The summed E-state index contributed by atoms with van der Waals surface area (Å²) in [5.74, 6) is 0. The molecule has 7 aromatic carbocycles. The lowest BCUT2D eigenvalue weighted by Gasteiger charge is -2.12. The summed E-state index contributed by atoms with van der Waals surface area (Å²) < 4.78 is 2.41. The maximum Gasteiger partial charge on any atom is 0.0702 e. The van der Waals surface area contributed by atoms with E-state index in [1.54, 1.807) is 0 Å². The molecule has 0 amide bonds. The van der Waals surface area contributed by atoms with Crippen molar-refractivity contribution in [1.29, 1.82) is 0 Å². The summed E-state index contributed by atoms with van der Waals surface area (Å²) in [7, 11) is 0. The molecule has 0 aliphatic carbocycles. The number of benzene rings is 7. The highest BCUT2D eigenvalue weighted by Crippen LogP contribution is 2.38. The molecule has 0 bridgehead atoms. The lowest BCUT2D eigenvalue weighted by Crippen LogP contribution is -1.94. The van der Waals surface area contributed by atoms with E-state index in [4.69, 9.17) is 0 Å². The van der Waals surface area contributed by atoms with Gasteiger partial charge in [-0.2, -0.15) is 0 Å². The summed E-state index contributed by atoms with van der Waals surface area (Å²) in [5.41, 5.74) is 14.2. The van der Waals surface area contributed by atoms with Crippen LogP contribution in [0.25, 0.3) is 82.9 Å². The fourth-order valence-corrected chi connectivity index (χ4v) is 6.88. The molecular weight excluding hydrogens is 569 g/mol. The van der Waals surface area contributed by atoms with Gasteiger partial charge in [0.1, 0.15) is 0 Å². The number of hydrogen-bond acceptors (Lipinski definition) is 1. The van der Waals surface area contributed by atoms with Gasteiger partial charge in [-0.3, -0.25) is 4.98 Å². The molecule has 0 radical (unpaired) electrons. The molecule has 9 rings (SSSR count). The van der Waals surface area contributed by atoms with Crippen LogP contribution >= 0.6 is 0 Å². The molecule has 2 heterocycles. The van der Waals surface area contributed by atoms with E-state index >= 15 is 0 Å². The molecule has 220 valence electrons. The number of aromatic nitrogens is 2. The summed E-state index contributed by atoms with van der Waals surface area (Å²) in [4.78, 5) is 4.50. The first-order chi connectivity index (χ1) is 23.3. The number of hydrogen-bond donors (Lipinski definition) is 0. The highest BCUT2D eigenvalue weighted by Gasteiger charge is 2.15. The fourth-order valence-electron chi connectivity index (χ4n) is 6.88. The van der Waals surface area contributed by atoms with Crippen molar-refractivity contribution in [3.8, 4) is 50.2 Å². The lowest BCUT2D eigenvalue weighted by molar-refractivity contribution is 1.18. The zero-order valence-electron chi connectivity index (χ0n) is 25.7. The van der Waals surface area contributed by atoms with Crippen LogP contribution in [0.5, 0.6) is 0 Å². The topological polar surface area (TPSA) is 17.8 Å². The highest BCUT2D eigenvalue weighted by atomic mass is 15.0. The van der Waals surface area contributed by atoms with Gasteiger partial charge in [0.15, 0.2) is 0 Å². The maximum atomic E-state index is 4.50. The van der Waals surface area contributed by atoms with Crippen molar-refractivity contribution in [2.45, 2.75) is 0 Å². The Morgan fingerprint density at radius 2 is 0.851 bits per heavy atom. The largest absolute Gasteiger partial charge is 0.309 e. The van der Waals surface area contributed by atoms with Crippen LogP contribution in [0.15, 0.2) is 182 Å². The summed E-state index contributed by atoms with van der Waals surface area (Å²) in [5, 5.41) is 3.64. The molecule has 0 aliphatic rings. The predicted molar refractivity (Wildman–Crippen MR) is 198 cm³/mol. The molecule has 2 aromatic heterocycles. The Morgan fingerprint density at radius 1 is 0.340 bits per heavy atom. The molecule has 47 heavy (non-hydrogen) atoms. The predicted octanol–water partition coefficient (Wildman–Crippen LogP) is 12.0. The summed E-state index contributed by atoms with van der Waals surface area (Å²) >= 11 is 0. The van der Waals surface area contributed by atoms with Crippen LogP contribution in [0.1, 0.15) is 0 Å².